The van der Waals surface area contributed by atoms with Crippen LogP contribution in [0.2, 0.25) is 0 Å². The second-order valence-electron chi connectivity index (χ2n) is 4.22. The minimum atomic E-state index is -0.531. The van der Waals surface area contributed by atoms with Gasteiger partial charge in [0.1, 0.15) is 0 Å². The van der Waals surface area contributed by atoms with Crippen LogP contribution < -0.4 is 5.73 Å². The highest BCUT2D eigenvalue weighted by molar-refractivity contribution is 5.92. The number of aromatic nitrogens is 4. The Balaban J connectivity index is 2.26. The first-order chi connectivity index (χ1) is 9.05. The van der Waals surface area contributed by atoms with Crippen molar-refractivity contribution in [1.29, 1.82) is 0 Å². The van der Waals surface area contributed by atoms with E-state index in [-0.39, 0.29) is 5.69 Å². The van der Waals surface area contributed by atoms with Gasteiger partial charge in [-0.25, -0.2) is 4.79 Å². The lowest BCUT2D eigenvalue weighted by Crippen LogP contribution is -2.10. The SMILES string of the molecule is CCn1nc(C)cc1Cn1cc(N)c(C(=O)OC)n1. The monoisotopic (exact) mass is 263 g/mol. The molecule has 0 unspecified atom stereocenters. The van der Waals surface area contributed by atoms with E-state index in [1.165, 1.54) is 7.11 Å². The zero-order valence-electron chi connectivity index (χ0n) is 11.3. The molecule has 7 heteroatoms. The Kier molecular flexibility index (Phi) is 3.55. The van der Waals surface area contributed by atoms with Crippen LogP contribution in [0.4, 0.5) is 5.69 Å². The fourth-order valence-electron chi connectivity index (χ4n) is 1.94. The summed E-state index contributed by atoms with van der Waals surface area (Å²) < 4.78 is 8.13. The number of nitrogens with two attached hydrogens (primary N) is 1. The number of carbonyl (C=O) groups excluding carboxylic acids is 1. The van der Waals surface area contributed by atoms with E-state index in [4.69, 9.17) is 5.73 Å². The molecule has 0 aliphatic carbocycles. The van der Waals surface area contributed by atoms with E-state index >= 15 is 0 Å². The van der Waals surface area contributed by atoms with Crippen molar-refractivity contribution in [2.75, 3.05) is 12.8 Å². The summed E-state index contributed by atoms with van der Waals surface area (Å²) in [6.45, 7) is 5.25. The molecule has 7 nitrogen and oxygen atoms in total. The molecule has 19 heavy (non-hydrogen) atoms. The van der Waals surface area contributed by atoms with Crippen LogP contribution in [0.1, 0.15) is 28.8 Å². The number of rotatable bonds is 4. The third kappa shape index (κ3) is 2.59. The summed E-state index contributed by atoms with van der Waals surface area (Å²) in [6, 6.07) is 1.99. The van der Waals surface area contributed by atoms with Crippen LogP contribution in [0.3, 0.4) is 0 Å². The summed E-state index contributed by atoms with van der Waals surface area (Å²) >= 11 is 0. The first kappa shape index (κ1) is 13.1. The first-order valence-electron chi connectivity index (χ1n) is 5.99. The van der Waals surface area contributed by atoms with Crippen LogP contribution in [-0.4, -0.2) is 32.6 Å². The van der Waals surface area contributed by atoms with Crippen LogP contribution in [0.5, 0.6) is 0 Å². The number of hydrogen-bond acceptors (Lipinski definition) is 5. The van der Waals surface area contributed by atoms with Gasteiger partial charge in [-0.1, -0.05) is 0 Å². The molecule has 2 aromatic rings. The maximum absolute atomic E-state index is 11.4. The molecular weight excluding hydrogens is 246 g/mol. The molecular formula is C12H17N5O2. The number of methoxy groups -OCH3 is 1. The fourth-order valence-corrected chi connectivity index (χ4v) is 1.94. The van der Waals surface area contributed by atoms with Crippen molar-refractivity contribution in [1.82, 2.24) is 19.6 Å². The molecule has 0 atom stereocenters. The van der Waals surface area contributed by atoms with Gasteiger partial charge < -0.3 is 10.5 Å². The van der Waals surface area contributed by atoms with Gasteiger partial charge in [-0.05, 0) is 19.9 Å². The van der Waals surface area contributed by atoms with E-state index in [9.17, 15) is 4.79 Å². The van der Waals surface area contributed by atoms with Gasteiger partial charge in [-0.3, -0.25) is 9.36 Å². The molecule has 0 aromatic carbocycles. The molecule has 0 bridgehead atoms. The molecule has 2 heterocycles. The van der Waals surface area contributed by atoms with Gasteiger partial charge in [-0.15, -0.1) is 0 Å². The Morgan fingerprint density at radius 1 is 1.47 bits per heavy atom. The highest BCUT2D eigenvalue weighted by atomic mass is 16.5. The number of esters is 1. The number of ether oxygens (including phenoxy) is 1. The predicted molar refractivity (Wildman–Crippen MR) is 69.7 cm³/mol. The summed E-state index contributed by atoms with van der Waals surface area (Å²) in [4.78, 5) is 11.4. The molecule has 2 aromatic heterocycles. The number of hydrogen-bond donors (Lipinski definition) is 1. The molecule has 0 spiro atoms. The number of anilines is 1. The number of nitrogen functional groups attached to an aromatic ring is 1. The van der Waals surface area contributed by atoms with Gasteiger partial charge in [0.05, 0.1) is 30.7 Å². The standard InChI is InChI=1S/C12H17N5O2/c1-4-17-9(5-8(2)14-17)6-16-7-10(13)11(15-16)12(18)19-3/h5,7H,4,6,13H2,1-3H3. The van der Waals surface area contributed by atoms with Crippen LogP contribution in [-0.2, 0) is 17.8 Å². The second kappa shape index (κ2) is 5.13. The molecule has 102 valence electrons. The average molecular weight is 263 g/mol. The van der Waals surface area contributed by atoms with Crippen LogP contribution in [0, 0.1) is 6.92 Å². The molecule has 0 radical (unpaired) electrons. The zero-order valence-corrected chi connectivity index (χ0v) is 11.3. The second-order valence-corrected chi connectivity index (χ2v) is 4.22. The lowest BCUT2D eigenvalue weighted by atomic mass is 10.3. The highest BCUT2D eigenvalue weighted by Crippen LogP contribution is 2.12. The largest absolute Gasteiger partial charge is 0.464 e. The van der Waals surface area contributed by atoms with Crippen LogP contribution in [0.25, 0.3) is 0 Å². The quantitative estimate of drug-likeness (QED) is 0.825. The summed E-state index contributed by atoms with van der Waals surface area (Å²) in [5.41, 5.74) is 8.15. The van der Waals surface area contributed by atoms with Crippen LogP contribution in [0.15, 0.2) is 12.3 Å². The molecule has 0 saturated heterocycles. The van der Waals surface area contributed by atoms with Crippen molar-refractivity contribution in [3.63, 3.8) is 0 Å². The topological polar surface area (TPSA) is 88.0 Å². The molecule has 0 amide bonds. The molecule has 0 aliphatic rings. The zero-order chi connectivity index (χ0) is 14.0. The van der Waals surface area contributed by atoms with Gasteiger partial charge in [0.25, 0.3) is 0 Å². The Morgan fingerprint density at radius 2 is 2.21 bits per heavy atom. The normalized spacial score (nSPS) is 10.7. The maximum Gasteiger partial charge on any atom is 0.360 e. The molecule has 0 saturated carbocycles. The summed E-state index contributed by atoms with van der Waals surface area (Å²) in [5, 5.41) is 8.49. The van der Waals surface area contributed by atoms with Gasteiger partial charge in [0, 0.05) is 12.7 Å². The molecule has 0 fully saturated rings. The first-order valence-corrected chi connectivity index (χ1v) is 5.99. The minimum Gasteiger partial charge on any atom is -0.464 e. The number of aryl methyl sites for hydroxylation is 2. The fraction of sp³-hybridized carbons (Fsp3) is 0.417. The van der Waals surface area contributed by atoms with Crippen molar-refractivity contribution >= 4 is 11.7 Å². The Hall–Kier alpha value is -2.31. The lowest BCUT2D eigenvalue weighted by Gasteiger charge is -2.04. The Bertz CT molecular complexity index is 599. The van der Waals surface area contributed by atoms with Crippen molar-refractivity contribution in [3.05, 3.63) is 29.3 Å². The van der Waals surface area contributed by atoms with E-state index in [1.807, 2.05) is 24.6 Å². The maximum atomic E-state index is 11.4. The van der Waals surface area contributed by atoms with E-state index in [1.54, 1.807) is 10.9 Å². The summed E-state index contributed by atoms with van der Waals surface area (Å²) in [5.74, 6) is -0.531. The third-order valence-corrected chi connectivity index (χ3v) is 2.78. The van der Waals surface area contributed by atoms with Gasteiger partial charge >= 0.3 is 5.97 Å². The van der Waals surface area contributed by atoms with Crippen molar-refractivity contribution < 1.29 is 9.53 Å². The third-order valence-electron chi connectivity index (χ3n) is 2.78. The summed E-state index contributed by atoms with van der Waals surface area (Å²) in [6.07, 6.45) is 1.62. The van der Waals surface area contributed by atoms with Gasteiger partial charge in [0.15, 0.2) is 5.69 Å². The minimum absolute atomic E-state index is 0.141. The van der Waals surface area contributed by atoms with Crippen molar-refractivity contribution in [2.45, 2.75) is 26.9 Å². The Labute approximate surface area is 111 Å². The van der Waals surface area contributed by atoms with E-state index in [0.717, 1.165) is 17.9 Å². The van der Waals surface area contributed by atoms with E-state index in [2.05, 4.69) is 14.9 Å². The number of carbonyl (C=O) groups is 1. The molecule has 0 aliphatic heterocycles. The highest BCUT2D eigenvalue weighted by Gasteiger charge is 2.16. The van der Waals surface area contributed by atoms with E-state index < -0.39 is 5.97 Å². The van der Waals surface area contributed by atoms with Crippen molar-refractivity contribution in [3.8, 4) is 0 Å². The van der Waals surface area contributed by atoms with Gasteiger partial charge in [0.2, 0.25) is 0 Å². The van der Waals surface area contributed by atoms with E-state index in [0.29, 0.717) is 12.2 Å². The lowest BCUT2D eigenvalue weighted by molar-refractivity contribution is 0.0594. The van der Waals surface area contributed by atoms with Gasteiger partial charge in [-0.2, -0.15) is 10.2 Å². The molecule has 2 rings (SSSR count). The average Bonchev–Trinajstić information content (AvgIpc) is 2.91. The smallest absolute Gasteiger partial charge is 0.360 e. The predicted octanol–water partition coefficient (Wildman–Crippen LogP) is 0.825. The van der Waals surface area contributed by atoms with Crippen molar-refractivity contribution in [2.24, 2.45) is 0 Å². The summed E-state index contributed by atoms with van der Waals surface area (Å²) in [7, 11) is 1.30. The number of nitrogens with zero attached hydrogens (tertiary/aromatic N) is 4. The molecule has 2 N–H and O–H groups in total. The van der Waals surface area contributed by atoms with Crippen LogP contribution >= 0.6 is 0 Å². The Morgan fingerprint density at radius 3 is 2.84 bits per heavy atom.